The van der Waals surface area contributed by atoms with E-state index in [1.54, 1.807) is 13.2 Å². The van der Waals surface area contributed by atoms with E-state index in [9.17, 15) is 5.26 Å². The van der Waals surface area contributed by atoms with Crippen LogP contribution in [0.3, 0.4) is 0 Å². The minimum Gasteiger partial charge on any atom is -0.497 e. The molecule has 5 nitrogen and oxygen atoms in total. The number of hydrogen-bond acceptors (Lipinski definition) is 6. The Balaban J connectivity index is 1.83. The van der Waals surface area contributed by atoms with Gasteiger partial charge in [0.2, 0.25) is 0 Å². The molecule has 0 bridgehead atoms. The van der Waals surface area contributed by atoms with E-state index in [1.807, 2.05) is 61.5 Å². The molecule has 0 radical (unpaired) electrons. The number of aryl methyl sites for hydroxylation is 1. The largest absolute Gasteiger partial charge is 0.497 e. The molecule has 0 unspecified atom stereocenters. The molecule has 0 amide bonds. The van der Waals surface area contributed by atoms with Crippen molar-refractivity contribution in [2.24, 2.45) is 0 Å². The number of nitriles is 1. The summed E-state index contributed by atoms with van der Waals surface area (Å²) in [5, 5.41) is 9.71. The molecule has 0 aliphatic rings. The number of methoxy groups -OCH3 is 1. The number of pyridine rings is 1. The van der Waals surface area contributed by atoms with E-state index in [1.165, 1.54) is 11.3 Å². The van der Waals surface area contributed by atoms with Gasteiger partial charge in [-0.3, -0.25) is 4.98 Å². The number of anilines is 1. The van der Waals surface area contributed by atoms with E-state index >= 15 is 0 Å². The molecule has 0 saturated heterocycles. The summed E-state index contributed by atoms with van der Waals surface area (Å²) in [6.07, 6.45) is 0. The second kappa shape index (κ2) is 7.74. The summed E-state index contributed by atoms with van der Waals surface area (Å²) in [4.78, 5) is 10.2. The second-order valence-corrected chi connectivity index (χ2v) is 7.56. The highest BCUT2D eigenvalue weighted by Crippen LogP contribution is 2.39. The Kier molecular flexibility index (Phi) is 4.98. The predicted molar refractivity (Wildman–Crippen MR) is 117 cm³/mol. The number of aromatic nitrogens is 2. The number of nitrogens with zero attached hydrogens (tertiary/aromatic N) is 3. The van der Waals surface area contributed by atoms with E-state index in [0.29, 0.717) is 10.7 Å². The molecule has 142 valence electrons. The number of nitrogen functional groups attached to an aromatic ring is 1. The second-order valence-electron chi connectivity index (χ2n) is 6.53. The average molecular weight is 398 g/mol. The van der Waals surface area contributed by atoms with E-state index in [0.717, 1.165) is 44.4 Å². The van der Waals surface area contributed by atoms with Gasteiger partial charge in [-0.25, -0.2) is 4.98 Å². The van der Waals surface area contributed by atoms with E-state index < -0.39 is 0 Å². The lowest BCUT2D eigenvalue weighted by Gasteiger charge is -2.09. The molecular weight excluding hydrogens is 380 g/mol. The molecule has 4 aromatic rings. The van der Waals surface area contributed by atoms with Gasteiger partial charge in [-0.1, -0.05) is 23.5 Å². The van der Waals surface area contributed by atoms with Gasteiger partial charge in [0, 0.05) is 16.8 Å². The van der Waals surface area contributed by atoms with Crippen LogP contribution in [0.1, 0.15) is 11.3 Å². The highest BCUT2D eigenvalue weighted by molar-refractivity contribution is 7.19. The lowest BCUT2D eigenvalue weighted by atomic mass is 10.0. The zero-order chi connectivity index (χ0) is 20.4. The van der Waals surface area contributed by atoms with Gasteiger partial charge in [-0.15, -0.1) is 0 Å². The third-order valence-corrected chi connectivity index (χ3v) is 5.44. The first-order valence-corrected chi connectivity index (χ1v) is 9.79. The third kappa shape index (κ3) is 3.82. The van der Waals surface area contributed by atoms with Crippen LogP contribution in [0, 0.1) is 18.3 Å². The monoisotopic (exact) mass is 398 g/mol. The number of thiazole rings is 1. The first-order valence-electron chi connectivity index (χ1n) is 8.97. The summed E-state index contributed by atoms with van der Waals surface area (Å²) < 4.78 is 5.24. The standard InChI is InChI=1S/C23H18N4OS/c1-14-10-18(12-20(26-14)16-6-8-19(28-2)9-7-16)22-21(27-23(25)29-22)17-5-3-4-15(11-17)13-24/h3-12H,1-2H3,(H2,25,27). The summed E-state index contributed by atoms with van der Waals surface area (Å²) in [6, 6.07) is 21.5. The SMILES string of the molecule is COc1ccc(-c2cc(-c3sc(N)nc3-c3cccc(C#N)c3)cc(C)n2)cc1. The molecule has 0 saturated carbocycles. The van der Waals surface area contributed by atoms with Crippen LogP contribution >= 0.6 is 11.3 Å². The van der Waals surface area contributed by atoms with E-state index in [4.69, 9.17) is 15.5 Å². The molecule has 0 atom stereocenters. The zero-order valence-electron chi connectivity index (χ0n) is 16.0. The van der Waals surface area contributed by atoms with Gasteiger partial charge >= 0.3 is 0 Å². The molecule has 0 fully saturated rings. The van der Waals surface area contributed by atoms with Crippen molar-refractivity contribution in [3.63, 3.8) is 0 Å². The zero-order valence-corrected chi connectivity index (χ0v) is 16.8. The summed E-state index contributed by atoms with van der Waals surface area (Å²) in [5.74, 6) is 0.802. The summed E-state index contributed by atoms with van der Waals surface area (Å²) in [5.41, 5.74) is 12.0. The number of nitrogens with two attached hydrogens (primary N) is 1. The van der Waals surface area contributed by atoms with Crippen LogP contribution in [0.5, 0.6) is 5.75 Å². The van der Waals surface area contributed by atoms with Crippen LogP contribution in [0.15, 0.2) is 60.7 Å². The molecule has 2 aromatic carbocycles. The Bertz CT molecular complexity index is 1220. The van der Waals surface area contributed by atoms with Gasteiger partial charge in [-0.05, 0) is 61.0 Å². The van der Waals surface area contributed by atoms with Crippen molar-refractivity contribution in [2.75, 3.05) is 12.8 Å². The fraction of sp³-hybridized carbons (Fsp3) is 0.0870. The van der Waals surface area contributed by atoms with Crippen molar-refractivity contribution in [3.05, 3.63) is 71.9 Å². The maximum absolute atomic E-state index is 9.23. The van der Waals surface area contributed by atoms with Gasteiger partial charge in [-0.2, -0.15) is 5.26 Å². The Morgan fingerprint density at radius 2 is 1.76 bits per heavy atom. The Morgan fingerprint density at radius 3 is 2.48 bits per heavy atom. The minimum atomic E-state index is 0.484. The Labute approximate surface area is 173 Å². The van der Waals surface area contributed by atoms with Gasteiger partial charge in [0.25, 0.3) is 0 Å². The number of benzene rings is 2. The van der Waals surface area contributed by atoms with Gasteiger partial charge in [0.05, 0.1) is 35.0 Å². The molecule has 2 heterocycles. The Hall–Kier alpha value is -3.69. The van der Waals surface area contributed by atoms with Gasteiger partial charge in [0.1, 0.15) is 5.75 Å². The fourth-order valence-corrected chi connectivity index (χ4v) is 4.02. The summed E-state index contributed by atoms with van der Waals surface area (Å²) in [6.45, 7) is 1.97. The van der Waals surface area contributed by atoms with Crippen LogP contribution < -0.4 is 10.5 Å². The highest BCUT2D eigenvalue weighted by atomic mass is 32.1. The molecule has 2 N–H and O–H groups in total. The highest BCUT2D eigenvalue weighted by Gasteiger charge is 2.16. The minimum absolute atomic E-state index is 0.484. The molecule has 0 aliphatic carbocycles. The maximum Gasteiger partial charge on any atom is 0.181 e. The lowest BCUT2D eigenvalue weighted by molar-refractivity contribution is 0.415. The number of ether oxygens (including phenoxy) is 1. The topological polar surface area (TPSA) is 84.8 Å². The van der Waals surface area contributed by atoms with E-state index in [2.05, 4.69) is 11.1 Å². The summed E-state index contributed by atoms with van der Waals surface area (Å²) >= 11 is 1.43. The van der Waals surface area contributed by atoms with Crippen LogP contribution in [-0.4, -0.2) is 17.1 Å². The van der Waals surface area contributed by atoms with E-state index in [-0.39, 0.29) is 0 Å². The maximum atomic E-state index is 9.23. The number of rotatable bonds is 4. The number of hydrogen-bond donors (Lipinski definition) is 1. The quantitative estimate of drug-likeness (QED) is 0.503. The van der Waals surface area contributed by atoms with Crippen LogP contribution in [0.25, 0.3) is 33.0 Å². The first-order chi connectivity index (χ1) is 14.1. The molecular formula is C23H18N4OS. The molecule has 6 heteroatoms. The van der Waals surface area contributed by atoms with Crippen molar-refractivity contribution >= 4 is 16.5 Å². The van der Waals surface area contributed by atoms with Gasteiger partial charge < -0.3 is 10.5 Å². The first kappa shape index (κ1) is 18.7. The van der Waals surface area contributed by atoms with Crippen molar-refractivity contribution in [1.29, 1.82) is 5.26 Å². The molecule has 2 aromatic heterocycles. The van der Waals surface area contributed by atoms with Crippen LogP contribution in [0.2, 0.25) is 0 Å². The molecule has 4 rings (SSSR count). The summed E-state index contributed by atoms with van der Waals surface area (Å²) in [7, 11) is 1.65. The van der Waals surface area contributed by atoms with Crippen LogP contribution in [-0.2, 0) is 0 Å². The third-order valence-electron chi connectivity index (χ3n) is 4.51. The lowest BCUT2D eigenvalue weighted by Crippen LogP contribution is -1.91. The molecule has 0 spiro atoms. The van der Waals surface area contributed by atoms with Crippen molar-refractivity contribution < 1.29 is 4.74 Å². The van der Waals surface area contributed by atoms with Crippen molar-refractivity contribution in [3.8, 4) is 44.8 Å². The van der Waals surface area contributed by atoms with Crippen LogP contribution in [0.4, 0.5) is 5.13 Å². The Morgan fingerprint density at radius 1 is 0.966 bits per heavy atom. The normalized spacial score (nSPS) is 10.5. The smallest absolute Gasteiger partial charge is 0.181 e. The van der Waals surface area contributed by atoms with Gasteiger partial charge in [0.15, 0.2) is 5.13 Å². The van der Waals surface area contributed by atoms with Crippen molar-refractivity contribution in [1.82, 2.24) is 9.97 Å². The fourth-order valence-electron chi connectivity index (χ4n) is 3.17. The average Bonchev–Trinajstić information content (AvgIpc) is 3.15. The van der Waals surface area contributed by atoms with Crippen molar-refractivity contribution in [2.45, 2.75) is 6.92 Å². The predicted octanol–water partition coefficient (Wildman–Crippen LogP) is 5.31. The molecule has 29 heavy (non-hydrogen) atoms. The molecule has 0 aliphatic heterocycles.